The van der Waals surface area contributed by atoms with Gasteiger partial charge in [-0.1, -0.05) is 121 Å². The lowest BCUT2D eigenvalue weighted by Gasteiger charge is -2.08. The van der Waals surface area contributed by atoms with Gasteiger partial charge in [0.05, 0.1) is 0 Å². The molecule has 0 aliphatic rings. The van der Waals surface area contributed by atoms with E-state index in [-0.39, 0.29) is 0 Å². The van der Waals surface area contributed by atoms with Crippen LogP contribution in [0.1, 0.15) is 0 Å². The van der Waals surface area contributed by atoms with Crippen molar-refractivity contribution in [2.24, 2.45) is 0 Å². The van der Waals surface area contributed by atoms with Crippen LogP contribution in [0.4, 0.5) is 0 Å². The molecule has 6 rings (SSSR count). The molecule has 1 aromatic heterocycles. The highest BCUT2D eigenvalue weighted by Gasteiger charge is 2.08. The fraction of sp³-hybridized carbons (Fsp3) is 0. The predicted octanol–water partition coefficient (Wildman–Crippen LogP) is 9.57. The van der Waals surface area contributed by atoms with Gasteiger partial charge in [0.25, 0.3) is 0 Å². The van der Waals surface area contributed by atoms with Gasteiger partial charge < -0.3 is 0 Å². The molecule has 0 fully saturated rings. The Morgan fingerprint density at radius 3 is 1.55 bits per heavy atom. The van der Waals surface area contributed by atoms with Gasteiger partial charge in [-0.05, 0) is 56.3 Å². The zero-order valence-corrected chi connectivity index (χ0v) is 18.9. The molecular formula is C32H22S. The van der Waals surface area contributed by atoms with Crippen LogP contribution in [0.25, 0.3) is 53.9 Å². The Balaban J connectivity index is 1.27. The third-order valence-electron chi connectivity index (χ3n) is 6.15. The predicted molar refractivity (Wildman–Crippen MR) is 144 cm³/mol. The van der Waals surface area contributed by atoms with E-state index in [9.17, 15) is 0 Å². The summed E-state index contributed by atoms with van der Waals surface area (Å²) >= 11 is 1.84. The van der Waals surface area contributed by atoms with Gasteiger partial charge in [-0.2, -0.15) is 0 Å². The lowest BCUT2D eigenvalue weighted by atomic mass is 9.97. The van der Waals surface area contributed by atoms with E-state index in [1.807, 2.05) is 11.3 Å². The minimum atomic E-state index is 1.25. The largest absolute Gasteiger partial charge is 0.135 e. The molecule has 0 unspecified atom stereocenters. The van der Waals surface area contributed by atoms with E-state index in [1.165, 1.54) is 53.9 Å². The number of rotatable bonds is 4. The summed E-state index contributed by atoms with van der Waals surface area (Å²) in [6, 6.07) is 47.9. The first-order chi connectivity index (χ1) is 16.3. The number of benzene rings is 5. The van der Waals surface area contributed by atoms with Crippen molar-refractivity contribution in [1.82, 2.24) is 0 Å². The number of fused-ring (bicyclic) bond motifs is 1. The molecule has 0 bridgehead atoms. The van der Waals surface area contributed by atoms with E-state index in [0.29, 0.717) is 0 Å². The highest BCUT2D eigenvalue weighted by Crippen LogP contribution is 2.36. The third kappa shape index (κ3) is 3.88. The zero-order valence-electron chi connectivity index (χ0n) is 18.1. The first kappa shape index (κ1) is 19.7. The molecule has 6 aromatic rings. The molecule has 0 saturated carbocycles. The topological polar surface area (TPSA) is 0 Å². The third-order valence-corrected chi connectivity index (χ3v) is 7.34. The summed E-state index contributed by atoms with van der Waals surface area (Å²) in [5.41, 5.74) is 7.56. The highest BCUT2D eigenvalue weighted by atomic mass is 32.1. The average Bonchev–Trinajstić information content (AvgIpc) is 3.40. The van der Waals surface area contributed by atoms with E-state index in [4.69, 9.17) is 0 Å². The summed E-state index contributed by atoms with van der Waals surface area (Å²) in [4.78, 5) is 2.59. The molecule has 156 valence electrons. The van der Waals surface area contributed by atoms with Gasteiger partial charge in [0.2, 0.25) is 0 Å². The molecule has 33 heavy (non-hydrogen) atoms. The molecule has 1 heteroatoms. The Hall–Kier alpha value is -3.94. The summed E-state index contributed by atoms with van der Waals surface area (Å²) in [6.45, 7) is 0. The normalized spacial score (nSPS) is 11.0. The van der Waals surface area contributed by atoms with Crippen LogP contribution in [-0.2, 0) is 0 Å². The van der Waals surface area contributed by atoms with E-state index in [1.54, 1.807) is 0 Å². The lowest BCUT2D eigenvalue weighted by molar-refractivity contribution is 1.62. The number of hydrogen-bond donors (Lipinski definition) is 0. The molecule has 0 spiro atoms. The van der Waals surface area contributed by atoms with Crippen molar-refractivity contribution in [1.29, 1.82) is 0 Å². The molecule has 0 aliphatic carbocycles. The second kappa shape index (κ2) is 8.54. The van der Waals surface area contributed by atoms with Crippen molar-refractivity contribution in [3.05, 3.63) is 133 Å². The quantitative estimate of drug-likeness (QED) is 0.257. The molecule has 0 atom stereocenters. The molecule has 0 aliphatic heterocycles. The van der Waals surface area contributed by atoms with Crippen molar-refractivity contribution in [2.75, 3.05) is 0 Å². The summed E-state index contributed by atoms with van der Waals surface area (Å²) in [6.07, 6.45) is 0. The fourth-order valence-electron chi connectivity index (χ4n) is 4.40. The average molecular weight is 439 g/mol. The summed E-state index contributed by atoms with van der Waals surface area (Å²) in [5.74, 6) is 0. The van der Waals surface area contributed by atoms with Crippen LogP contribution in [0.15, 0.2) is 133 Å². The lowest BCUT2D eigenvalue weighted by Crippen LogP contribution is -1.81. The summed E-state index contributed by atoms with van der Waals surface area (Å²) in [5, 5.41) is 2.57. The Morgan fingerprint density at radius 2 is 0.848 bits per heavy atom. The first-order valence-electron chi connectivity index (χ1n) is 11.2. The van der Waals surface area contributed by atoms with Crippen LogP contribution >= 0.6 is 11.3 Å². The standard InChI is InChI=1S/C32H22S/c1-2-7-23(8-3-1)24-13-17-27(18-14-24)31-21-22-32(33-31)28-19-15-26(16-20-28)30-12-6-10-25-9-4-5-11-29(25)30/h1-22H. The molecule has 0 N–H and O–H groups in total. The van der Waals surface area contributed by atoms with Crippen molar-refractivity contribution in [3.8, 4) is 43.1 Å². The molecule has 0 amide bonds. The van der Waals surface area contributed by atoms with Gasteiger partial charge in [0.15, 0.2) is 0 Å². The number of hydrogen-bond acceptors (Lipinski definition) is 1. The maximum Gasteiger partial charge on any atom is 0.0349 e. The zero-order chi connectivity index (χ0) is 22.0. The second-order valence-corrected chi connectivity index (χ2v) is 9.30. The van der Waals surface area contributed by atoms with Crippen LogP contribution in [0.2, 0.25) is 0 Å². The Kier molecular flexibility index (Phi) is 5.10. The smallest absolute Gasteiger partial charge is 0.0349 e. The van der Waals surface area contributed by atoms with Crippen molar-refractivity contribution in [3.63, 3.8) is 0 Å². The van der Waals surface area contributed by atoms with Crippen molar-refractivity contribution >= 4 is 22.1 Å². The van der Waals surface area contributed by atoms with Crippen molar-refractivity contribution in [2.45, 2.75) is 0 Å². The Bertz CT molecular complexity index is 1520. The van der Waals surface area contributed by atoms with Crippen LogP contribution in [0.3, 0.4) is 0 Å². The second-order valence-electron chi connectivity index (χ2n) is 8.21. The Labute approximate surface area is 198 Å². The monoisotopic (exact) mass is 438 g/mol. The van der Waals surface area contributed by atoms with Gasteiger partial charge in [0.1, 0.15) is 0 Å². The molecule has 0 saturated heterocycles. The number of thiophene rings is 1. The van der Waals surface area contributed by atoms with E-state index in [0.717, 1.165) is 0 Å². The van der Waals surface area contributed by atoms with Crippen LogP contribution in [-0.4, -0.2) is 0 Å². The van der Waals surface area contributed by atoms with Crippen LogP contribution in [0.5, 0.6) is 0 Å². The molecule has 0 nitrogen and oxygen atoms in total. The minimum absolute atomic E-state index is 1.25. The Morgan fingerprint density at radius 1 is 0.333 bits per heavy atom. The molecular weight excluding hydrogens is 416 g/mol. The van der Waals surface area contributed by atoms with Gasteiger partial charge in [-0.15, -0.1) is 11.3 Å². The van der Waals surface area contributed by atoms with E-state index in [2.05, 4.69) is 133 Å². The van der Waals surface area contributed by atoms with E-state index >= 15 is 0 Å². The SMILES string of the molecule is c1ccc(-c2ccc(-c3ccc(-c4ccc(-c5cccc6ccccc56)cc4)s3)cc2)cc1. The van der Waals surface area contributed by atoms with Gasteiger partial charge in [-0.3, -0.25) is 0 Å². The fourth-order valence-corrected chi connectivity index (χ4v) is 5.41. The van der Waals surface area contributed by atoms with Crippen molar-refractivity contribution < 1.29 is 0 Å². The minimum Gasteiger partial charge on any atom is -0.135 e. The van der Waals surface area contributed by atoms with Crippen LogP contribution in [0, 0.1) is 0 Å². The maximum absolute atomic E-state index is 2.24. The maximum atomic E-state index is 2.24. The van der Waals surface area contributed by atoms with Gasteiger partial charge >= 0.3 is 0 Å². The summed E-state index contributed by atoms with van der Waals surface area (Å²) in [7, 11) is 0. The highest BCUT2D eigenvalue weighted by molar-refractivity contribution is 7.18. The molecule has 0 radical (unpaired) electrons. The van der Waals surface area contributed by atoms with Gasteiger partial charge in [-0.25, -0.2) is 0 Å². The summed E-state index contributed by atoms with van der Waals surface area (Å²) < 4.78 is 0. The van der Waals surface area contributed by atoms with E-state index < -0.39 is 0 Å². The molecule has 1 heterocycles. The van der Waals surface area contributed by atoms with Crippen LogP contribution < -0.4 is 0 Å². The van der Waals surface area contributed by atoms with Gasteiger partial charge in [0, 0.05) is 9.75 Å². The molecule has 5 aromatic carbocycles. The first-order valence-corrected chi connectivity index (χ1v) is 12.0.